The van der Waals surface area contributed by atoms with Crippen molar-refractivity contribution in [3.8, 4) is 17.1 Å². The molecule has 0 saturated heterocycles. The van der Waals surface area contributed by atoms with E-state index in [2.05, 4.69) is 10.1 Å². The molecule has 0 saturated carbocycles. The smallest absolute Gasteiger partial charge is 0.231 e. The second-order valence-corrected chi connectivity index (χ2v) is 4.85. The van der Waals surface area contributed by atoms with Crippen LogP contribution in [0.1, 0.15) is 11.5 Å². The van der Waals surface area contributed by atoms with Crippen LogP contribution < -0.4 is 0 Å². The Bertz CT molecular complexity index is 789. The van der Waals surface area contributed by atoms with E-state index in [-0.39, 0.29) is 16.6 Å². The molecule has 0 aliphatic heterocycles. The molecule has 0 fully saturated rings. The van der Waals surface area contributed by atoms with Gasteiger partial charge in [-0.15, -0.1) is 0 Å². The van der Waals surface area contributed by atoms with Crippen LogP contribution in [0.25, 0.3) is 11.4 Å². The monoisotopic (exact) mass is 304 g/mol. The summed E-state index contributed by atoms with van der Waals surface area (Å²) >= 11 is 5.96. The topological polar surface area (TPSA) is 59.2 Å². The van der Waals surface area contributed by atoms with E-state index in [0.29, 0.717) is 23.4 Å². The Morgan fingerprint density at radius 1 is 1.19 bits per heavy atom. The second-order valence-electron chi connectivity index (χ2n) is 4.44. The van der Waals surface area contributed by atoms with Gasteiger partial charge in [-0.1, -0.05) is 35.0 Å². The molecule has 1 heterocycles. The molecule has 106 valence electrons. The highest BCUT2D eigenvalue weighted by atomic mass is 35.5. The van der Waals surface area contributed by atoms with E-state index in [1.807, 2.05) is 6.07 Å². The van der Waals surface area contributed by atoms with Crippen molar-refractivity contribution in [1.29, 1.82) is 0 Å². The van der Waals surface area contributed by atoms with Gasteiger partial charge in [0.1, 0.15) is 11.6 Å². The average Bonchev–Trinajstić information content (AvgIpc) is 2.90. The molecular formula is C15H10ClFN2O2. The van der Waals surface area contributed by atoms with E-state index in [9.17, 15) is 9.50 Å². The third-order valence-corrected chi connectivity index (χ3v) is 3.29. The maximum Gasteiger partial charge on any atom is 0.231 e. The molecule has 21 heavy (non-hydrogen) atoms. The lowest BCUT2D eigenvalue weighted by atomic mass is 10.1. The number of hydrogen-bond acceptors (Lipinski definition) is 4. The summed E-state index contributed by atoms with van der Waals surface area (Å²) in [5.41, 5.74) is 1.17. The van der Waals surface area contributed by atoms with E-state index >= 15 is 0 Å². The van der Waals surface area contributed by atoms with Gasteiger partial charge in [-0.3, -0.25) is 0 Å². The van der Waals surface area contributed by atoms with Gasteiger partial charge in [0, 0.05) is 11.1 Å². The van der Waals surface area contributed by atoms with Crippen molar-refractivity contribution in [2.75, 3.05) is 0 Å². The number of hydrogen-bond donors (Lipinski definition) is 1. The number of aromatic nitrogens is 2. The number of para-hydroxylation sites is 1. The number of benzene rings is 2. The molecule has 1 aromatic heterocycles. The molecule has 2 aromatic carbocycles. The molecule has 3 aromatic rings. The van der Waals surface area contributed by atoms with Gasteiger partial charge in [0.25, 0.3) is 0 Å². The van der Waals surface area contributed by atoms with Crippen molar-refractivity contribution in [3.63, 3.8) is 0 Å². The molecule has 0 amide bonds. The molecule has 1 N–H and O–H groups in total. The minimum Gasteiger partial charge on any atom is -0.508 e. The maximum atomic E-state index is 13.0. The Kier molecular flexibility index (Phi) is 3.58. The molecule has 4 nitrogen and oxygen atoms in total. The van der Waals surface area contributed by atoms with Gasteiger partial charge in [0.2, 0.25) is 11.7 Å². The normalized spacial score (nSPS) is 10.8. The number of phenols is 1. The molecule has 6 heteroatoms. The minimum atomic E-state index is -0.429. The number of rotatable bonds is 3. The fraction of sp³-hybridized carbons (Fsp3) is 0.0667. The number of aromatic hydroxyl groups is 1. The number of nitrogens with zero attached hydrogens (tertiary/aromatic N) is 2. The van der Waals surface area contributed by atoms with Crippen LogP contribution >= 0.6 is 11.6 Å². The van der Waals surface area contributed by atoms with E-state index in [1.54, 1.807) is 18.2 Å². The van der Waals surface area contributed by atoms with E-state index in [4.69, 9.17) is 16.1 Å². The highest BCUT2D eigenvalue weighted by Gasteiger charge is 2.13. The zero-order chi connectivity index (χ0) is 14.8. The summed E-state index contributed by atoms with van der Waals surface area (Å²) in [7, 11) is 0. The Labute approximate surface area is 124 Å². The SMILES string of the molecule is Oc1ccccc1Cc1nc(-c2ccc(F)cc2Cl)no1. The van der Waals surface area contributed by atoms with Crippen LogP contribution in [0.3, 0.4) is 0 Å². The summed E-state index contributed by atoms with van der Waals surface area (Å²) in [4.78, 5) is 4.21. The second kappa shape index (κ2) is 5.54. The molecule has 3 rings (SSSR count). The lowest BCUT2D eigenvalue weighted by Crippen LogP contribution is -1.89. The third kappa shape index (κ3) is 2.87. The third-order valence-electron chi connectivity index (χ3n) is 2.97. The van der Waals surface area contributed by atoms with Crippen LogP contribution in [0.2, 0.25) is 5.02 Å². The summed E-state index contributed by atoms with van der Waals surface area (Å²) in [5.74, 6) is 0.357. The Balaban J connectivity index is 1.88. The Hall–Kier alpha value is -2.40. The fourth-order valence-corrected chi connectivity index (χ4v) is 2.18. The first-order valence-electron chi connectivity index (χ1n) is 6.18. The van der Waals surface area contributed by atoms with Crippen molar-refractivity contribution in [2.45, 2.75) is 6.42 Å². The Morgan fingerprint density at radius 2 is 2.00 bits per heavy atom. The average molecular weight is 305 g/mol. The van der Waals surface area contributed by atoms with E-state index in [1.165, 1.54) is 18.2 Å². The highest BCUT2D eigenvalue weighted by Crippen LogP contribution is 2.27. The van der Waals surface area contributed by atoms with Crippen LogP contribution in [0.15, 0.2) is 47.0 Å². The summed E-state index contributed by atoms with van der Waals surface area (Å²) in [6.45, 7) is 0. The fourth-order valence-electron chi connectivity index (χ4n) is 1.93. The molecule has 0 spiro atoms. The quantitative estimate of drug-likeness (QED) is 0.799. The van der Waals surface area contributed by atoms with Crippen molar-refractivity contribution >= 4 is 11.6 Å². The van der Waals surface area contributed by atoms with Crippen LogP contribution in [0.4, 0.5) is 4.39 Å². The molecule has 0 unspecified atom stereocenters. The largest absolute Gasteiger partial charge is 0.508 e. The standard InChI is InChI=1S/C15H10ClFN2O2/c16-12-8-10(17)5-6-11(12)15-18-14(21-19-15)7-9-3-1-2-4-13(9)20/h1-6,8,20H,7H2. The zero-order valence-electron chi connectivity index (χ0n) is 10.8. The molecule has 0 aliphatic rings. The molecule has 0 aliphatic carbocycles. The number of phenolic OH excluding ortho intramolecular Hbond substituents is 1. The first-order valence-corrected chi connectivity index (χ1v) is 6.56. The van der Waals surface area contributed by atoms with Crippen LogP contribution in [-0.4, -0.2) is 15.2 Å². The molecular weight excluding hydrogens is 295 g/mol. The highest BCUT2D eigenvalue weighted by molar-refractivity contribution is 6.33. The molecule has 0 bridgehead atoms. The summed E-state index contributed by atoms with van der Waals surface area (Å²) in [6, 6.07) is 10.9. The summed E-state index contributed by atoms with van der Waals surface area (Å²) in [6.07, 6.45) is 0.304. The van der Waals surface area contributed by atoms with E-state index < -0.39 is 5.82 Å². The first-order chi connectivity index (χ1) is 10.1. The van der Waals surface area contributed by atoms with Crippen molar-refractivity contribution in [3.05, 3.63) is 64.8 Å². The van der Waals surface area contributed by atoms with Crippen molar-refractivity contribution < 1.29 is 14.0 Å². The summed E-state index contributed by atoms with van der Waals surface area (Å²) in [5, 5.41) is 13.8. The van der Waals surface area contributed by atoms with Crippen molar-refractivity contribution in [2.24, 2.45) is 0 Å². The van der Waals surface area contributed by atoms with Crippen LogP contribution in [0, 0.1) is 5.82 Å². The van der Waals surface area contributed by atoms with Gasteiger partial charge in [-0.05, 0) is 24.3 Å². The van der Waals surface area contributed by atoms with Gasteiger partial charge < -0.3 is 9.63 Å². The minimum absolute atomic E-state index is 0.164. The zero-order valence-corrected chi connectivity index (χ0v) is 11.5. The lowest BCUT2D eigenvalue weighted by molar-refractivity contribution is 0.383. The predicted molar refractivity (Wildman–Crippen MR) is 75.6 cm³/mol. The van der Waals surface area contributed by atoms with Gasteiger partial charge >= 0.3 is 0 Å². The molecule has 0 atom stereocenters. The number of halogens is 2. The summed E-state index contributed by atoms with van der Waals surface area (Å²) < 4.78 is 18.2. The Morgan fingerprint density at radius 3 is 2.76 bits per heavy atom. The van der Waals surface area contributed by atoms with E-state index in [0.717, 1.165) is 0 Å². The van der Waals surface area contributed by atoms with Gasteiger partial charge in [0.05, 0.1) is 11.4 Å². The van der Waals surface area contributed by atoms with Crippen LogP contribution in [0.5, 0.6) is 5.75 Å². The first kappa shape index (κ1) is 13.6. The maximum absolute atomic E-state index is 13.0. The lowest BCUT2D eigenvalue weighted by Gasteiger charge is -1.99. The predicted octanol–water partition coefficient (Wildman–Crippen LogP) is 3.83. The van der Waals surface area contributed by atoms with Crippen molar-refractivity contribution in [1.82, 2.24) is 10.1 Å². The van der Waals surface area contributed by atoms with Gasteiger partial charge in [0.15, 0.2) is 0 Å². The molecule has 0 radical (unpaired) electrons. The van der Waals surface area contributed by atoms with Gasteiger partial charge in [-0.2, -0.15) is 4.98 Å². The van der Waals surface area contributed by atoms with Gasteiger partial charge in [-0.25, -0.2) is 4.39 Å². The van der Waals surface area contributed by atoms with Crippen LogP contribution in [-0.2, 0) is 6.42 Å².